The van der Waals surface area contributed by atoms with Gasteiger partial charge in [0.25, 0.3) is 0 Å². The summed E-state index contributed by atoms with van der Waals surface area (Å²) in [5, 5.41) is 0. The molecule has 0 fully saturated rings. The Bertz CT molecular complexity index is 208. The second-order valence-corrected chi connectivity index (χ2v) is 4.06. The summed E-state index contributed by atoms with van der Waals surface area (Å²) in [6.07, 6.45) is 0. The van der Waals surface area contributed by atoms with Crippen molar-refractivity contribution in [1.82, 2.24) is 0 Å². The Morgan fingerprint density at radius 2 is 1.80 bits per heavy atom. The topological polar surface area (TPSA) is 0 Å². The van der Waals surface area contributed by atoms with E-state index in [4.69, 9.17) is 0 Å². The molecule has 0 radical (unpaired) electrons. The molecule has 1 aromatic rings. The van der Waals surface area contributed by atoms with Gasteiger partial charge in [0.05, 0.1) is 0 Å². The quantitative estimate of drug-likeness (QED) is 0.625. The Balaban J connectivity index is 3.28. The van der Waals surface area contributed by atoms with Gasteiger partial charge in [-0.25, -0.2) is 0 Å². The molecule has 1 aromatic carbocycles. The summed E-state index contributed by atoms with van der Waals surface area (Å²) in [5.41, 5.74) is 2.56. The first-order chi connectivity index (χ1) is 4.61. The Kier molecular flexibility index (Phi) is 2.58. The molecule has 0 bridgehead atoms. The fraction of sp³-hybridized carbons (Fsp3) is 0.143. The number of hydrogen-bond donors (Lipinski definition) is 0. The first kappa shape index (κ1) is 8.34. The molecule has 0 aliphatic carbocycles. The SMILES string of the molecule is Bc1cc(C)c(Br)cc1Br. The molecule has 0 atom stereocenters. The summed E-state index contributed by atoms with van der Waals surface area (Å²) in [6, 6.07) is 4.22. The van der Waals surface area contributed by atoms with Crippen LogP contribution in [0.3, 0.4) is 0 Å². The van der Waals surface area contributed by atoms with Gasteiger partial charge in [0.15, 0.2) is 0 Å². The van der Waals surface area contributed by atoms with Crippen LogP contribution in [0.25, 0.3) is 0 Å². The second kappa shape index (κ2) is 3.10. The number of aryl methyl sites for hydroxylation is 1. The van der Waals surface area contributed by atoms with Crippen LogP contribution in [0.15, 0.2) is 21.1 Å². The molecule has 0 heterocycles. The number of halogens is 2. The van der Waals surface area contributed by atoms with Gasteiger partial charge < -0.3 is 0 Å². The molecule has 10 heavy (non-hydrogen) atoms. The highest BCUT2D eigenvalue weighted by Crippen LogP contribution is 2.18. The largest absolute Gasteiger partial charge is 0.140 e. The molecule has 1 rings (SSSR count). The van der Waals surface area contributed by atoms with E-state index >= 15 is 0 Å². The molecule has 0 unspecified atom stereocenters. The van der Waals surface area contributed by atoms with Crippen molar-refractivity contribution in [1.29, 1.82) is 0 Å². The van der Waals surface area contributed by atoms with E-state index in [1.807, 2.05) is 0 Å². The first-order valence-electron chi connectivity index (χ1n) is 3.03. The second-order valence-electron chi connectivity index (χ2n) is 2.35. The molecule has 0 aromatic heterocycles. The van der Waals surface area contributed by atoms with E-state index in [2.05, 4.69) is 58.8 Å². The van der Waals surface area contributed by atoms with E-state index in [0.717, 1.165) is 8.95 Å². The molecule has 0 aliphatic rings. The summed E-state index contributed by atoms with van der Waals surface area (Å²) in [4.78, 5) is 0. The third-order valence-corrected chi connectivity index (χ3v) is 3.15. The smallest absolute Gasteiger partial charge is 0.0747 e. The molecule has 0 saturated heterocycles. The van der Waals surface area contributed by atoms with E-state index in [-0.39, 0.29) is 0 Å². The van der Waals surface area contributed by atoms with Gasteiger partial charge in [-0.2, -0.15) is 0 Å². The average molecular weight is 262 g/mol. The van der Waals surface area contributed by atoms with Crippen molar-refractivity contribution in [3.63, 3.8) is 0 Å². The number of benzene rings is 1. The van der Waals surface area contributed by atoms with Gasteiger partial charge in [0.2, 0.25) is 0 Å². The van der Waals surface area contributed by atoms with Crippen LogP contribution in [0.5, 0.6) is 0 Å². The van der Waals surface area contributed by atoms with Crippen LogP contribution in [0.1, 0.15) is 5.56 Å². The lowest BCUT2D eigenvalue weighted by Crippen LogP contribution is -2.04. The lowest BCUT2D eigenvalue weighted by Gasteiger charge is -2.01. The van der Waals surface area contributed by atoms with Crippen molar-refractivity contribution < 1.29 is 0 Å². The molecule has 0 spiro atoms. The summed E-state index contributed by atoms with van der Waals surface area (Å²) in [5.74, 6) is 0. The zero-order valence-corrected chi connectivity index (χ0v) is 9.08. The Hall–Kier alpha value is 0.245. The van der Waals surface area contributed by atoms with Gasteiger partial charge in [-0.05, 0) is 18.6 Å². The van der Waals surface area contributed by atoms with Crippen molar-refractivity contribution in [2.45, 2.75) is 6.92 Å². The van der Waals surface area contributed by atoms with Crippen molar-refractivity contribution in [3.8, 4) is 0 Å². The summed E-state index contributed by atoms with van der Waals surface area (Å²) in [7, 11) is 2.09. The molecule has 3 heteroatoms. The zero-order valence-electron chi connectivity index (χ0n) is 5.91. The highest BCUT2D eigenvalue weighted by molar-refractivity contribution is 9.11. The van der Waals surface area contributed by atoms with Crippen LogP contribution >= 0.6 is 31.9 Å². The number of hydrogen-bond acceptors (Lipinski definition) is 0. The van der Waals surface area contributed by atoms with Crippen LogP contribution in [0.4, 0.5) is 0 Å². The number of rotatable bonds is 0. The third kappa shape index (κ3) is 1.64. The van der Waals surface area contributed by atoms with E-state index in [0.29, 0.717) is 0 Å². The Morgan fingerprint density at radius 3 is 2.30 bits per heavy atom. The highest BCUT2D eigenvalue weighted by atomic mass is 79.9. The Labute approximate surface area is 78.7 Å². The Morgan fingerprint density at radius 1 is 1.20 bits per heavy atom. The van der Waals surface area contributed by atoms with Crippen LogP contribution in [0, 0.1) is 6.92 Å². The third-order valence-electron chi connectivity index (χ3n) is 1.44. The average Bonchev–Trinajstić information content (AvgIpc) is 1.84. The van der Waals surface area contributed by atoms with Gasteiger partial charge in [0.1, 0.15) is 7.85 Å². The fourth-order valence-electron chi connectivity index (χ4n) is 0.802. The predicted octanol–water partition coefficient (Wildman–Crippen LogP) is 1.78. The van der Waals surface area contributed by atoms with E-state index in [9.17, 15) is 0 Å². The maximum atomic E-state index is 3.45. The van der Waals surface area contributed by atoms with Gasteiger partial charge in [-0.3, -0.25) is 0 Å². The minimum atomic E-state index is 1.16. The van der Waals surface area contributed by atoms with Gasteiger partial charge in [0, 0.05) is 8.95 Å². The first-order valence-corrected chi connectivity index (χ1v) is 4.62. The van der Waals surface area contributed by atoms with Crippen molar-refractivity contribution >= 4 is 45.2 Å². The monoisotopic (exact) mass is 260 g/mol. The molecule has 0 aliphatic heterocycles. The molecule has 0 nitrogen and oxygen atoms in total. The highest BCUT2D eigenvalue weighted by Gasteiger charge is 1.97. The lowest BCUT2D eigenvalue weighted by atomic mass is 9.95. The van der Waals surface area contributed by atoms with Gasteiger partial charge >= 0.3 is 0 Å². The molecular formula is C7H7BBr2. The zero-order chi connectivity index (χ0) is 7.72. The standard InChI is InChI=1S/C7H7BBr2/c1-4-2-5(8)7(10)3-6(4)9/h2-3H,8H2,1H3. The van der Waals surface area contributed by atoms with Crippen LogP contribution in [-0.4, -0.2) is 7.85 Å². The summed E-state index contributed by atoms with van der Waals surface area (Å²) < 4.78 is 2.31. The molecular weight excluding hydrogens is 255 g/mol. The summed E-state index contributed by atoms with van der Waals surface area (Å²) in [6.45, 7) is 2.09. The molecule has 52 valence electrons. The van der Waals surface area contributed by atoms with E-state index < -0.39 is 0 Å². The van der Waals surface area contributed by atoms with E-state index in [1.165, 1.54) is 11.0 Å². The normalized spacial score (nSPS) is 9.90. The summed E-state index contributed by atoms with van der Waals surface area (Å²) >= 11 is 6.90. The van der Waals surface area contributed by atoms with Crippen molar-refractivity contribution in [2.24, 2.45) is 0 Å². The fourth-order valence-corrected chi connectivity index (χ4v) is 1.80. The molecule has 0 N–H and O–H groups in total. The van der Waals surface area contributed by atoms with Gasteiger partial charge in [-0.15, -0.1) is 0 Å². The maximum Gasteiger partial charge on any atom is 0.140 e. The lowest BCUT2D eigenvalue weighted by molar-refractivity contribution is 1.44. The van der Waals surface area contributed by atoms with Crippen LogP contribution < -0.4 is 5.46 Å². The minimum absolute atomic E-state index is 1.16. The van der Waals surface area contributed by atoms with Crippen molar-refractivity contribution in [2.75, 3.05) is 0 Å². The van der Waals surface area contributed by atoms with Gasteiger partial charge in [-0.1, -0.05) is 43.4 Å². The maximum absolute atomic E-state index is 3.45. The molecule has 0 saturated carbocycles. The van der Waals surface area contributed by atoms with Crippen molar-refractivity contribution in [3.05, 3.63) is 26.6 Å². The predicted molar refractivity (Wildman–Crippen MR) is 54.8 cm³/mol. The van der Waals surface area contributed by atoms with E-state index in [1.54, 1.807) is 0 Å². The van der Waals surface area contributed by atoms with Crippen LogP contribution in [0.2, 0.25) is 0 Å². The van der Waals surface area contributed by atoms with Crippen LogP contribution in [-0.2, 0) is 0 Å². The minimum Gasteiger partial charge on any atom is -0.0747 e. The molecule has 0 amide bonds.